The molecule has 2 aromatic rings. The second-order valence-corrected chi connectivity index (χ2v) is 5.65. The Labute approximate surface area is 127 Å². The topological polar surface area (TPSA) is 71.1 Å². The van der Waals surface area contributed by atoms with Crippen LogP contribution in [-0.4, -0.2) is 16.8 Å². The number of amides is 2. The highest BCUT2D eigenvalue weighted by Gasteiger charge is 2.17. The fourth-order valence-electron chi connectivity index (χ4n) is 1.94. The summed E-state index contributed by atoms with van der Waals surface area (Å²) in [5.74, 6) is -0.341. The first-order valence-corrected chi connectivity index (χ1v) is 7.45. The van der Waals surface area contributed by atoms with E-state index in [-0.39, 0.29) is 24.3 Å². The molecule has 21 heavy (non-hydrogen) atoms. The van der Waals surface area contributed by atoms with Crippen LogP contribution in [0.25, 0.3) is 0 Å². The molecular weight excluding hydrogens is 286 g/mol. The van der Waals surface area contributed by atoms with Gasteiger partial charge in [-0.05, 0) is 12.5 Å². The van der Waals surface area contributed by atoms with Crippen molar-refractivity contribution in [2.24, 2.45) is 0 Å². The molecule has 1 unspecified atom stereocenters. The minimum Gasteiger partial charge on any atom is -0.349 e. The van der Waals surface area contributed by atoms with Crippen molar-refractivity contribution in [2.45, 2.75) is 26.3 Å². The minimum absolute atomic E-state index is 0.164. The molecule has 1 atom stereocenters. The van der Waals surface area contributed by atoms with Crippen molar-refractivity contribution in [1.82, 2.24) is 10.3 Å². The number of nitrogens with zero attached hydrogens (tertiary/aromatic N) is 1. The molecule has 1 aromatic heterocycles. The van der Waals surface area contributed by atoms with Crippen LogP contribution < -0.4 is 10.6 Å². The molecular formula is C15H17N3O2S. The maximum atomic E-state index is 12.0. The molecule has 0 aliphatic carbocycles. The van der Waals surface area contributed by atoms with Crippen LogP contribution in [0.1, 0.15) is 30.5 Å². The van der Waals surface area contributed by atoms with Gasteiger partial charge in [-0.2, -0.15) is 0 Å². The van der Waals surface area contributed by atoms with E-state index in [2.05, 4.69) is 15.6 Å². The lowest BCUT2D eigenvalue weighted by Gasteiger charge is -2.18. The van der Waals surface area contributed by atoms with E-state index in [1.165, 1.54) is 18.3 Å². The fraction of sp³-hybridized carbons (Fsp3) is 0.267. The lowest BCUT2D eigenvalue weighted by atomic mass is 10.0. The van der Waals surface area contributed by atoms with Crippen molar-refractivity contribution < 1.29 is 9.59 Å². The minimum atomic E-state index is -0.344. The largest absolute Gasteiger partial charge is 0.349 e. The second-order valence-electron chi connectivity index (χ2n) is 4.75. The Morgan fingerprint density at radius 3 is 2.57 bits per heavy atom. The van der Waals surface area contributed by atoms with Gasteiger partial charge >= 0.3 is 0 Å². The fourth-order valence-corrected chi connectivity index (χ4v) is 2.48. The summed E-state index contributed by atoms with van der Waals surface area (Å²) in [5, 5.41) is 7.89. The predicted molar refractivity (Wildman–Crippen MR) is 83.1 cm³/mol. The molecule has 1 heterocycles. The monoisotopic (exact) mass is 303 g/mol. The Kier molecular flexibility index (Phi) is 5.05. The predicted octanol–water partition coefficient (Wildman–Crippen LogP) is 2.66. The van der Waals surface area contributed by atoms with E-state index in [1.54, 1.807) is 11.6 Å². The number of aromatic nitrogens is 1. The zero-order valence-corrected chi connectivity index (χ0v) is 12.7. The zero-order chi connectivity index (χ0) is 15.2. The lowest BCUT2D eigenvalue weighted by molar-refractivity contribution is -0.120. The van der Waals surface area contributed by atoms with Gasteiger partial charge in [0.15, 0.2) is 5.13 Å². The molecule has 0 spiro atoms. The van der Waals surface area contributed by atoms with Crippen molar-refractivity contribution in [3.05, 3.63) is 47.0 Å². The zero-order valence-electron chi connectivity index (χ0n) is 11.9. The third-order valence-electron chi connectivity index (χ3n) is 2.93. The Bertz CT molecular complexity index is 608. The Hall–Kier alpha value is -2.21. The number of benzene rings is 1. The molecule has 0 saturated carbocycles. The van der Waals surface area contributed by atoms with Gasteiger partial charge in [0.1, 0.15) is 0 Å². The number of nitrogens with one attached hydrogen (secondary N) is 2. The molecule has 1 aromatic carbocycles. The summed E-state index contributed by atoms with van der Waals surface area (Å²) in [6.07, 6.45) is 1.80. The van der Waals surface area contributed by atoms with Crippen LogP contribution >= 0.6 is 11.3 Å². The molecule has 2 amide bonds. The summed E-state index contributed by atoms with van der Waals surface area (Å²) in [6.45, 7) is 3.44. The number of aryl methyl sites for hydroxylation is 1. The first kappa shape index (κ1) is 15.2. The number of carbonyl (C=O) groups excluding carboxylic acids is 2. The van der Waals surface area contributed by atoms with Crippen molar-refractivity contribution >= 4 is 28.3 Å². The highest BCUT2D eigenvalue weighted by molar-refractivity contribution is 7.13. The van der Waals surface area contributed by atoms with Crippen LogP contribution in [0, 0.1) is 6.92 Å². The van der Waals surface area contributed by atoms with Gasteiger partial charge in [0.2, 0.25) is 11.8 Å². The van der Waals surface area contributed by atoms with Crippen molar-refractivity contribution in [1.29, 1.82) is 0 Å². The molecule has 110 valence electrons. The Balaban J connectivity index is 2.07. The Morgan fingerprint density at radius 2 is 2.00 bits per heavy atom. The number of rotatable bonds is 5. The molecule has 6 heteroatoms. The standard InChI is InChI=1S/C15H17N3O2S/c1-10-3-5-12(6-4-10)13(17-11(2)19)9-14(20)18-15-16-7-8-21-15/h3-8,13H,9H2,1-2H3,(H,17,19)(H,16,18,20). The quantitative estimate of drug-likeness (QED) is 0.892. The number of thiazole rings is 1. The van der Waals surface area contributed by atoms with E-state index in [4.69, 9.17) is 0 Å². The average Bonchev–Trinajstić information content (AvgIpc) is 2.91. The molecule has 5 nitrogen and oxygen atoms in total. The average molecular weight is 303 g/mol. The number of carbonyl (C=O) groups is 2. The summed E-state index contributed by atoms with van der Waals surface area (Å²) in [4.78, 5) is 27.4. The van der Waals surface area contributed by atoms with Gasteiger partial charge in [-0.15, -0.1) is 11.3 Å². The first-order chi connectivity index (χ1) is 10.0. The third-order valence-corrected chi connectivity index (χ3v) is 3.61. The van der Waals surface area contributed by atoms with E-state index in [0.717, 1.165) is 11.1 Å². The summed E-state index contributed by atoms with van der Waals surface area (Å²) in [6, 6.07) is 7.42. The molecule has 0 aliphatic rings. The van der Waals surface area contributed by atoms with Crippen molar-refractivity contribution in [3.63, 3.8) is 0 Å². The summed E-state index contributed by atoms with van der Waals surface area (Å²) < 4.78 is 0. The van der Waals surface area contributed by atoms with Crippen LogP contribution in [0.15, 0.2) is 35.8 Å². The summed E-state index contributed by atoms with van der Waals surface area (Å²) in [7, 11) is 0. The highest BCUT2D eigenvalue weighted by atomic mass is 32.1. The van der Waals surface area contributed by atoms with Crippen molar-refractivity contribution in [2.75, 3.05) is 5.32 Å². The van der Waals surface area contributed by atoms with Gasteiger partial charge in [0, 0.05) is 18.5 Å². The van der Waals surface area contributed by atoms with Gasteiger partial charge in [-0.25, -0.2) is 4.98 Å². The molecule has 0 aliphatic heterocycles. The maximum absolute atomic E-state index is 12.0. The summed E-state index contributed by atoms with van der Waals surface area (Å²) >= 11 is 1.36. The van der Waals surface area contributed by atoms with E-state index in [0.29, 0.717) is 5.13 Å². The summed E-state index contributed by atoms with van der Waals surface area (Å²) in [5.41, 5.74) is 2.04. The van der Waals surface area contributed by atoms with Crippen LogP contribution in [0.3, 0.4) is 0 Å². The van der Waals surface area contributed by atoms with Gasteiger partial charge < -0.3 is 10.6 Å². The van der Waals surface area contributed by atoms with Gasteiger partial charge in [-0.1, -0.05) is 29.8 Å². The van der Waals surface area contributed by atoms with Crippen LogP contribution in [0.5, 0.6) is 0 Å². The van der Waals surface area contributed by atoms with Gasteiger partial charge in [0.25, 0.3) is 0 Å². The SMILES string of the molecule is CC(=O)NC(CC(=O)Nc1nccs1)c1ccc(C)cc1. The van der Waals surface area contributed by atoms with Crippen LogP contribution in [0.4, 0.5) is 5.13 Å². The molecule has 0 saturated heterocycles. The van der Waals surface area contributed by atoms with E-state index < -0.39 is 0 Å². The van der Waals surface area contributed by atoms with Crippen LogP contribution in [0.2, 0.25) is 0 Å². The first-order valence-electron chi connectivity index (χ1n) is 6.57. The number of anilines is 1. The Morgan fingerprint density at radius 1 is 1.29 bits per heavy atom. The second kappa shape index (κ2) is 6.99. The van der Waals surface area contributed by atoms with E-state index in [1.807, 2.05) is 31.2 Å². The number of hydrogen-bond donors (Lipinski definition) is 2. The smallest absolute Gasteiger partial charge is 0.228 e. The molecule has 2 rings (SSSR count). The molecule has 0 bridgehead atoms. The maximum Gasteiger partial charge on any atom is 0.228 e. The molecule has 0 radical (unpaired) electrons. The normalized spacial score (nSPS) is 11.7. The van der Waals surface area contributed by atoms with E-state index >= 15 is 0 Å². The van der Waals surface area contributed by atoms with Gasteiger partial charge in [0.05, 0.1) is 12.5 Å². The van der Waals surface area contributed by atoms with Gasteiger partial charge in [-0.3, -0.25) is 9.59 Å². The number of hydrogen-bond acceptors (Lipinski definition) is 4. The lowest BCUT2D eigenvalue weighted by Crippen LogP contribution is -2.29. The molecule has 0 fully saturated rings. The third kappa shape index (κ3) is 4.68. The highest BCUT2D eigenvalue weighted by Crippen LogP contribution is 2.19. The van der Waals surface area contributed by atoms with E-state index in [9.17, 15) is 9.59 Å². The molecule has 2 N–H and O–H groups in total. The van der Waals surface area contributed by atoms with Crippen LogP contribution in [-0.2, 0) is 9.59 Å². The van der Waals surface area contributed by atoms with Crippen molar-refractivity contribution in [3.8, 4) is 0 Å².